The summed E-state index contributed by atoms with van der Waals surface area (Å²) in [5.74, 6) is 0.707. The lowest BCUT2D eigenvalue weighted by Crippen LogP contribution is -2.38. The van der Waals surface area contributed by atoms with Crippen LogP contribution in [0.2, 0.25) is 0 Å². The molecule has 1 amide bonds. The Morgan fingerprint density at radius 1 is 1.30 bits per heavy atom. The van der Waals surface area contributed by atoms with E-state index < -0.39 is 11.7 Å². The van der Waals surface area contributed by atoms with Gasteiger partial charge >= 0.3 is 6.09 Å². The number of methoxy groups -OCH3 is 1. The third-order valence-corrected chi connectivity index (χ3v) is 2.58. The van der Waals surface area contributed by atoms with Gasteiger partial charge in [0.25, 0.3) is 0 Å². The van der Waals surface area contributed by atoms with Crippen molar-refractivity contribution in [2.45, 2.75) is 32.9 Å². The molecular weight excluding hydrogens is 258 g/mol. The van der Waals surface area contributed by atoms with Crippen LogP contribution in [0.4, 0.5) is 4.79 Å². The molecule has 5 heteroatoms. The Balaban J connectivity index is 2.84. The van der Waals surface area contributed by atoms with Crippen LogP contribution in [-0.4, -0.2) is 42.0 Å². The van der Waals surface area contributed by atoms with Crippen molar-refractivity contribution < 1.29 is 19.4 Å². The molecule has 0 unspecified atom stereocenters. The largest absolute Gasteiger partial charge is 0.496 e. The fourth-order valence-electron chi connectivity index (χ4n) is 1.72. The molecule has 5 nitrogen and oxygen atoms in total. The van der Waals surface area contributed by atoms with Crippen LogP contribution in [0.25, 0.3) is 0 Å². The van der Waals surface area contributed by atoms with E-state index in [0.29, 0.717) is 12.3 Å². The van der Waals surface area contributed by atoms with Crippen LogP contribution < -0.4 is 4.74 Å². The minimum absolute atomic E-state index is 0.117. The van der Waals surface area contributed by atoms with Crippen molar-refractivity contribution >= 4 is 6.09 Å². The van der Waals surface area contributed by atoms with E-state index in [9.17, 15) is 4.79 Å². The lowest BCUT2D eigenvalue weighted by molar-refractivity contribution is 0.0200. The molecule has 0 spiro atoms. The summed E-state index contributed by atoms with van der Waals surface area (Å²) in [5.41, 5.74) is 0.306. The van der Waals surface area contributed by atoms with Crippen molar-refractivity contribution in [3.05, 3.63) is 29.8 Å². The zero-order valence-electron chi connectivity index (χ0n) is 12.5. The van der Waals surface area contributed by atoms with Crippen LogP contribution >= 0.6 is 0 Å². The number of carbonyl (C=O) groups excluding carboxylic acids is 1. The van der Waals surface area contributed by atoms with Crippen LogP contribution in [-0.2, 0) is 11.3 Å². The topological polar surface area (TPSA) is 59.0 Å². The molecule has 0 saturated carbocycles. The summed E-state index contributed by atoms with van der Waals surface area (Å²) in [4.78, 5) is 13.6. The van der Waals surface area contributed by atoms with Crippen LogP contribution in [0, 0.1) is 0 Å². The van der Waals surface area contributed by atoms with E-state index in [0.717, 1.165) is 5.56 Å². The number of amides is 1. The molecule has 0 aliphatic carbocycles. The maximum absolute atomic E-state index is 12.1. The summed E-state index contributed by atoms with van der Waals surface area (Å²) in [7, 11) is 1.59. The predicted octanol–water partition coefficient (Wildman–Crippen LogP) is 2.42. The Kier molecular flexibility index (Phi) is 5.82. The van der Waals surface area contributed by atoms with Crippen molar-refractivity contribution in [1.29, 1.82) is 0 Å². The van der Waals surface area contributed by atoms with Gasteiger partial charge in [0.1, 0.15) is 11.4 Å². The molecule has 0 radical (unpaired) electrons. The van der Waals surface area contributed by atoms with Gasteiger partial charge in [0.05, 0.1) is 20.3 Å². The summed E-state index contributed by atoms with van der Waals surface area (Å²) >= 11 is 0. The van der Waals surface area contributed by atoms with E-state index in [1.54, 1.807) is 7.11 Å². The lowest BCUT2D eigenvalue weighted by Gasteiger charge is -2.27. The molecular formula is C15H23NO4. The third kappa shape index (κ3) is 5.09. The number of aliphatic hydroxyl groups is 1. The minimum Gasteiger partial charge on any atom is -0.496 e. The molecule has 0 aliphatic heterocycles. The van der Waals surface area contributed by atoms with Crippen molar-refractivity contribution in [2.24, 2.45) is 0 Å². The number of ether oxygens (including phenoxy) is 2. The fraction of sp³-hybridized carbons (Fsp3) is 0.533. The first-order valence-corrected chi connectivity index (χ1v) is 6.58. The number of hydrogen-bond donors (Lipinski definition) is 1. The molecule has 1 rings (SSSR count). The Morgan fingerprint density at radius 3 is 2.50 bits per heavy atom. The molecule has 112 valence electrons. The highest BCUT2D eigenvalue weighted by atomic mass is 16.6. The highest BCUT2D eigenvalue weighted by Gasteiger charge is 2.22. The molecule has 1 N–H and O–H groups in total. The van der Waals surface area contributed by atoms with Gasteiger partial charge in [0.15, 0.2) is 0 Å². The van der Waals surface area contributed by atoms with Gasteiger partial charge in [-0.2, -0.15) is 0 Å². The molecule has 1 aromatic carbocycles. The lowest BCUT2D eigenvalue weighted by atomic mass is 10.2. The molecule has 0 saturated heterocycles. The zero-order valence-corrected chi connectivity index (χ0v) is 12.5. The zero-order chi connectivity index (χ0) is 15.2. The second kappa shape index (κ2) is 7.14. The van der Waals surface area contributed by atoms with Crippen molar-refractivity contribution in [1.82, 2.24) is 4.90 Å². The first kappa shape index (κ1) is 16.3. The standard InChI is InChI=1S/C15H23NO4/c1-15(2,3)20-14(18)16(9-10-17)11-12-7-5-6-8-13(12)19-4/h5-8,17H,9-11H2,1-4H3. The molecule has 0 heterocycles. The van der Waals surface area contributed by atoms with E-state index in [-0.39, 0.29) is 13.2 Å². The first-order chi connectivity index (χ1) is 9.37. The molecule has 0 atom stereocenters. The third-order valence-electron chi connectivity index (χ3n) is 2.58. The van der Waals surface area contributed by atoms with Crippen molar-refractivity contribution in [3.8, 4) is 5.75 Å². The Morgan fingerprint density at radius 2 is 1.95 bits per heavy atom. The second-order valence-corrected chi connectivity index (χ2v) is 5.44. The molecule has 1 aromatic rings. The smallest absolute Gasteiger partial charge is 0.410 e. The van der Waals surface area contributed by atoms with Crippen LogP contribution in [0.5, 0.6) is 5.75 Å². The summed E-state index contributed by atoms with van der Waals surface area (Å²) in [5, 5.41) is 9.11. The van der Waals surface area contributed by atoms with Gasteiger partial charge in [0, 0.05) is 12.1 Å². The normalized spacial score (nSPS) is 11.1. The fourth-order valence-corrected chi connectivity index (χ4v) is 1.72. The van der Waals surface area contributed by atoms with Crippen molar-refractivity contribution in [2.75, 3.05) is 20.3 Å². The van der Waals surface area contributed by atoms with Crippen LogP contribution in [0.15, 0.2) is 24.3 Å². The number of carbonyl (C=O) groups is 1. The van der Waals surface area contributed by atoms with Crippen LogP contribution in [0.3, 0.4) is 0 Å². The van der Waals surface area contributed by atoms with Gasteiger partial charge in [-0.15, -0.1) is 0 Å². The highest BCUT2D eigenvalue weighted by Crippen LogP contribution is 2.20. The highest BCUT2D eigenvalue weighted by molar-refractivity contribution is 5.68. The van der Waals surface area contributed by atoms with Gasteiger partial charge in [0.2, 0.25) is 0 Å². The van der Waals surface area contributed by atoms with Gasteiger partial charge in [-0.05, 0) is 26.8 Å². The predicted molar refractivity (Wildman–Crippen MR) is 76.7 cm³/mol. The average Bonchev–Trinajstić information content (AvgIpc) is 2.36. The van der Waals surface area contributed by atoms with Gasteiger partial charge in [-0.1, -0.05) is 18.2 Å². The number of nitrogens with zero attached hydrogens (tertiary/aromatic N) is 1. The number of para-hydroxylation sites is 1. The monoisotopic (exact) mass is 281 g/mol. The Bertz CT molecular complexity index is 440. The SMILES string of the molecule is COc1ccccc1CN(CCO)C(=O)OC(C)(C)C. The summed E-state index contributed by atoms with van der Waals surface area (Å²) in [6.45, 7) is 5.86. The second-order valence-electron chi connectivity index (χ2n) is 5.44. The summed E-state index contributed by atoms with van der Waals surface area (Å²) < 4.78 is 10.6. The van der Waals surface area contributed by atoms with Gasteiger partial charge in [-0.25, -0.2) is 4.79 Å². The Hall–Kier alpha value is -1.75. The minimum atomic E-state index is -0.564. The number of benzene rings is 1. The quantitative estimate of drug-likeness (QED) is 0.900. The first-order valence-electron chi connectivity index (χ1n) is 6.58. The molecule has 0 aromatic heterocycles. The maximum atomic E-state index is 12.1. The average molecular weight is 281 g/mol. The summed E-state index contributed by atoms with van der Waals surface area (Å²) in [6.07, 6.45) is -0.447. The van der Waals surface area contributed by atoms with E-state index >= 15 is 0 Å². The van der Waals surface area contributed by atoms with E-state index in [4.69, 9.17) is 14.6 Å². The van der Waals surface area contributed by atoms with Gasteiger partial charge in [-0.3, -0.25) is 0 Å². The van der Waals surface area contributed by atoms with E-state index in [1.165, 1.54) is 4.90 Å². The van der Waals surface area contributed by atoms with E-state index in [2.05, 4.69) is 0 Å². The molecule has 0 aliphatic rings. The van der Waals surface area contributed by atoms with E-state index in [1.807, 2.05) is 45.0 Å². The number of aliphatic hydroxyl groups excluding tert-OH is 1. The molecule has 0 bridgehead atoms. The van der Waals surface area contributed by atoms with Crippen LogP contribution in [0.1, 0.15) is 26.3 Å². The Labute approximate surface area is 120 Å². The number of rotatable bonds is 5. The summed E-state index contributed by atoms with van der Waals surface area (Å²) in [6, 6.07) is 7.46. The molecule has 20 heavy (non-hydrogen) atoms. The number of hydrogen-bond acceptors (Lipinski definition) is 4. The maximum Gasteiger partial charge on any atom is 0.410 e. The van der Waals surface area contributed by atoms with Gasteiger partial charge < -0.3 is 19.5 Å². The molecule has 0 fully saturated rings. The van der Waals surface area contributed by atoms with Crippen molar-refractivity contribution in [3.63, 3.8) is 0 Å².